The number of hydrogen-bond acceptors (Lipinski definition) is 4. The van der Waals surface area contributed by atoms with Crippen molar-refractivity contribution in [2.45, 2.75) is 51.5 Å². The van der Waals surface area contributed by atoms with Gasteiger partial charge in [-0.2, -0.15) is 0 Å². The summed E-state index contributed by atoms with van der Waals surface area (Å²) < 4.78 is 0. The van der Waals surface area contributed by atoms with Crippen molar-refractivity contribution >= 4 is 12.0 Å². The molecule has 1 heterocycles. The van der Waals surface area contributed by atoms with Crippen molar-refractivity contribution in [3.05, 3.63) is 21.7 Å². The third kappa shape index (κ3) is 2.60. The number of nitrogens with zero attached hydrogens (tertiary/aromatic N) is 1. The first kappa shape index (κ1) is 12.8. The number of aromatic nitrogens is 2. The summed E-state index contributed by atoms with van der Waals surface area (Å²) >= 11 is 0. The van der Waals surface area contributed by atoms with E-state index >= 15 is 0 Å². The smallest absolute Gasteiger partial charge is 0.261 e. The fourth-order valence-electron chi connectivity index (χ4n) is 2.28. The van der Waals surface area contributed by atoms with E-state index in [1.807, 2.05) is 13.8 Å². The maximum Gasteiger partial charge on any atom is 0.261 e. The number of H-pyrrole nitrogens is 1. The van der Waals surface area contributed by atoms with E-state index in [1.165, 1.54) is 12.8 Å². The normalized spacial score (nSPS) is 16.2. The van der Waals surface area contributed by atoms with Gasteiger partial charge < -0.3 is 15.7 Å². The Morgan fingerprint density at radius 3 is 2.67 bits per heavy atom. The summed E-state index contributed by atoms with van der Waals surface area (Å²) in [7, 11) is 0. The van der Waals surface area contributed by atoms with Gasteiger partial charge in [0.05, 0.1) is 5.56 Å². The predicted molar refractivity (Wildman–Crippen MR) is 72.7 cm³/mol. The highest BCUT2D eigenvalue weighted by Gasteiger charge is 2.18. The molecule has 1 aliphatic rings. The molecule has 98 valence electrons. The zero-order valence-corrected chi connectivity index (χ0v) is 10.9. The largest absolute Gasteiger partial charge is 0.367 e. The second kappa shape index (κ2) is 5.33. The standard InChI is InChI=1S/C13H20N4O/c1-8(2)11-16-12(10(7-14)13(18)17-11)15-9-5-3-4-6-9/h7-9,14H,3-6H2,1-2H3,(H2,15,16,17,18). The van der Waals surface area contributed by atoms with Crippen molar-refractivity contribution in [3.63, 3.8) is 0 Å². The highest BCUT2D eigenvalue weighted by atomic mass is 16.1. The van der Waals surface area contributed by atoms with Gasteiger partial charge in [0.25, 0.3) is 5.56 Å². The minimum absolute atomic E-state index is 0.168. The third-order valence-corrected chi connectivity index (χ3v) is 3.36. The molecule has 0 unspecified atom stereocenters. The van der Waals surface area contributed by atoms with Crippen LogP contribution in [0.2, 0.25) is 0 Å². The summed E-state index contributed by atoms with van der Waals surface area (Å²) in [6.07, 6.45) is 5.74. The van der Waals surface area contributed by atoms with Gasteiger partial charge in [0.1, 0.15) is 11.6 Å². The SMILES string of the molecule is CC(C)c1nc(NC2CCCC2)c(C=N)c(=O)[nH]1. The third-order valence-electron chi connectivity index (χ3n) is 3.36. The molecule has 2 rings (SSSR count). The van der Waals surface area contributed by atoms with Gasteiger partial charge in [0.15, 0.2) is 0 Å². The number of rotatable bonds is 4. The van der Waals surface area contributed by atoms with Crippen molar-refractivity contribution in [1.82, 2.24) is 9.97 Å². The molecule has 0 amide bonds. The van der Waals surface area contributed by atoms with E-state index in [-0.39, 0.29) is 11.5 Å². The fraction of sp³-hybridized carbons (Fsp3) is 0.615. The van der Waals surface area contributed by atoms with Gasteiger partial charge in [-0.25, -0.2) is 4.98 Å². The van der Waals surface area contributed by atoms with Crippen molar-refractivity contribution in [2.75, 3.05) is 5.32 Å². The minimum Gasteiger partial charge on any atom is -0.367 e. The lowest BCUT2D eigenvalue weighted by atomic mass is 10.2. The van der Waals surface area contributed by atoms with Crippen LogP contribution in [0.15, 0.2) is 4.79 Å². The Morgan fingerprint density at radius 2 is 2.11 bits per heavy atom. The maximum atomic E-state index is 11.9. The Morgan fingerprint density at radius 1 is 1.44 bits per heavy atom. The van der Waals surface area contributed by atoms with E-state index in [1.54, 1.807) is 0 Å². The number of aromatic amines is 1. The second-order valence-corrected chi connectivity index (χ2v) is 5.14. The molecule has 3 N–H and O–H groups in total. The molecule has 0 bridgehead atoms. The average molecular weight is 248 g/mol. The van der Waals surface area contributed by atoms with Crippen LogP contribution in [0, 0.1) is 5.41 Å². The van der Waals surface area contributed by atoms with E-state index in [4.69, 9.17) is 5.41 Å². The molecule has 0 aromatic carbocycles. The predicted octanol–water partition coefficient (Wildman–Crippen LogP) is 2.25. The molecule has 5 nitrogen and oxygen atoms in total. The molecular formula is C13H20N4O. The van der Waals surface area contributed by atoms with Crippen LogP contribution in [-0.4, -0.2) is 22.2 Å². The lowest BCUT2D eigenvalue weighted by molar-refractivity contribution is 0.731. The van der Waals surface area contributed by atoms with E-state index in [0.717, 1.165) is 19.1 Å². The summed E-state index contributed by atoms with van der Waals surface area (Å²) in [4.78, 5) is 19.1. The number of nitrogens with one attached hydrogen (secondary N) is 3. The van der Waals surface area contributed by atoms with Crippen LogP contribution >= 0.6 is 0 Å². The summed E-state index contributed by atoms with van der Waals surface area (Å²) in [6.45, 7) is 3.98. The summed E-state index contributed by atoms with van der Waals surface area (Å²) in [6, 6.07) is 0.387. The molecule has 1 saturated carbocycles. The molecule has 5 heteroatoms. The van der Waals surface area contributed by atoms with Crippen LogP contribution in [0.3, 0.4) is 0 Å². The fourth-order valence-corrected chi connectivity index (χ4v) is 2.28. The molecule has 0 saturated heterocycles. The zero-order valence-electron chi connectivity index (χ0n) is 10.9. The van der Waals surface area contributed by atoms with Crippen LogP contribution in [-0.2, 0) is 0 Å². The van der Waals surface area contributed by atoms with Crippen LogP contribution in [0.25, 0.3) is 0 Å². The molecule has 1 aliphatic carbocycles. The Kier molecular flexibility index (Phi) is 3.79. The topological polar surface area (TPSA) is 81.6 Å². The van der Waals surface area contributed by atoms with Crippen molar-refractivity contribution in [2.24, 2.45) is 0 Å². The van der Waals surface area contributed by atoms with Gasteiger partial charge in [-0.3, -0.25) is 4.79 Å². The number of hydrogen-bond donors (Lipinski definition) is 3. The molecule has 18 heavy (non-hydrogen) atoms. The molecule has 0 aliphatic heterocycles. The lowest BCUT2D eigenvalue weighted by Crippen LogP contribution is -2.24. The Labute approximate surface area is 107 Å². The van der Waals surface area contributed by atoms with E-state index in [2.05, 4.69) is 15.3 Å². The quantitative estimate of drug-likeness (QED) is 0.715. The van der Waals surface area contributed by atoms with E-state index in [0.29, 0.717) is 23.2 Å². The summed E-state index contributed by atoms with van der Waals surface area (Å²) in [5.74, 6) is 1.40. The molecular weight excluding hydrogens is 228 g/mol. The summed E-state index contributed by atoms with van der Waals surface area (Å²) in [5.41, 5.74) is 0.0931. The number of anilines is 1. The molecule has 1 fully saturated rings. The first-order chi connectivity index (χ1) is 8.61. The second-order valence-electron chi connectivity index (χ2n) is 5.14. The van der Waals surface area contributed by atoms with Crippen LogP contribution in [0.4, 0.5) is 5.82 Å². The van der Waals surface area contributed by atoms with Crippen molar-refractivity contribution < 1.29 is 0 Å². The lowest BCUT2D eigenvalue weighted by Gasteiger charge is -2.16. The molecule has 0 radical (unpaired) electrons. The van der Waals surface area contributed by atoms with Gasteiger partial charge in [0, 0.05) is 18.2 Å². The minimum atomic E-state index is -0.232. The van der Waals surface area contributed by atoms with Gasteiger partial charge in [-0.15, -0.1) is 0 Å². The Hall–Kier alpha value is -1.65. The van der Waals surface area contributed by atoms with Gasteiger partial charge in [0.2, 0.25) is 0 Å². The summed E-state index contributed by atoms with van der Waals surface area (Å²) in [5, 5.41) is 10.7. The van der Waals surface area contributed by atoms with Gasteiger partial charge >= 0.3 is 0 Å². The zero-order chi connectivity index (χ0) is 13.1. The molecule has 0 atom stereocenters. The van der Waals surface area contributed by atoms with Crippen LogP contribution in [0.1, 0.15) is 56.8 Å². The highest BCUT2D eigenvalue weighted by Crippen LogP contribution is 2.22. The van der Waals surface area contributed by atoms with Gasteiger partial charge in [-0.05, 0) is 12.8 Å². The first-order valence-electron chi connectivity index (χ1n) is 6.53. The van der Waals surface area contributed by atoms with Crippen molar-refractivity contribution in [3.8, 4) is 0 Å². The molecule has 1 aromatic rings. The van der Waals surface area contributed by atoms with Crippen molar-refractivity contribution in [1.29, 1.82) is 5.41 Å². The van der Waals surface area contributed by atoms with E-state index in [9.17, 15) is 4.79 Å². The monoisotopic (exact) mass is 248 g/mol. The highest BCUT2D eigenvalue weighted by molar-refractivity contribution is 5.83. The van der Waals surface area contributed by atoms with Gasteiger partial charge in [-0.1, -0.05) is 26.7 Å². The molecule has 1 aromatic heterocycles. The van der Waals surface area contributed by atoms with Crippen LogP contribution < -0.4 is 10.9 Å². The average Bonchev–Trinajstić information content (AvgIpc) is 2.81. The van der Waals surface area contributed by atoms with E-state index < -0.39 is 0 Å². The molecule has 0 spiro atoms. The Balaban J connectivity index is 2.35. The maximum absolute atomic E-state index is 11.9. The van der Waals surface area contributed by atoms with Crippen LogP contribution in [0.5, 0.6) is 0 Å². The first-order valence-corrected chi connectivity index (χ1v) is 6.53. The Bertz CT molecular complexity index is 486.